The second-order valence-corrected chi connectivity index (χ2v) is 5.51. The van der Waals surface area contributed by atoms with E-state index in [1.54, 1.807) is 17.0 Å². The first-order valence-corrected chi connectivity index (χ1v) is 7.42. The van der Waals surface area contributed by atoms with Crippen LogP contribution in [0.3, 0.4) is 0 Å². The van der Waals surface area contributed by atoms with Gasteiger partial charge in [0.05, 0.1) is 5.69 Å². The molecule has 1 saturated heterocycles. The molecule has 1 heterocycles. The number of likely N-dealkylation sites (tertiary alicyclic amines) is 1. The summed E-state index contributed by atoms with van der Waals surface area (Å²) in [5, 5.41) is 0.648. The number of carbonyl (C=O) groups is 1. The van der Waals surface area contributed by atoms with Gasteiger partial charge in [-0.2, -0.15) is 0 Å². The molecule has 5 heteroatoms. The van der Waals surface area contributed by atoms with Gasteiger partial charge in [-0.15, -0.1) is 0 Å². The van der Waals surface area contributed by atoms with Gasteiger partial charge in [0.2, 0.25) is 0 Å². The summed E-state index contributed by atoms with van der Waals surface area (Å²) in [5.74, 6) is 0.231. The van der Waals surface area contributed by atoms with Gasteiger partial charge in [-0.25, -0.2) is 9.38 Å². The Morgan fingerprint density at radius 3 is 2.45 bits per heavy atom. The molecule has 0 radical (unpaired) electrons. The second-order valence-electron chi connectivity index (χ2n) is 5.07. The number of hydrogen-bond acceptors (Lipinski definition) is 2. The maximum atomic E-state index is 13.0. The molecule has 0 spiro atoms. The van der Waals surface area contributed by atoms with E-state index in [2.05, 4.69) is 4.99 Å². The van der Waals surface area contributed by atoms with Crippen LogP contribution in [-0.4, -0.2) is 23.2 Å². The monoisotopic (exact) mass is 316 g/mol. The Kier molecular flexibility index (Phi) is 4.20. The van der Waals surface area contributed by atoms with Gasteiger partial charge in [0.25, 0.3) is 5.91 Å². The Morgan fingerprint density at radius 1 is 1.09 bits per heavy atom. The summed E-state index contributed by atoms with van der Waals surface area (Å²) < 4.78 is 13.0. The summed E-state index contributed by atoms with van der Waals surface area (Å²) in [7, 11) is 0. The van der Waals surface area contributed by atoms with E-state index in [4.69, 9.17) is 11.6 Å². The highest BCUT2D eigenvalue weighted by atomic mass is 35.5. The molecule has 22 heavy (non-hydrogen) atoms. The quantitative estimate of drug-likeness (QED) is 0.806. The molecular formula is C17H14ClFN2O. The first-order chi connectivity index (χ1) is 10.6. The van der Waals surface area contributed by atoms with E-state index in [0.29, 0.717) is 17.1 Å². The van der Waals surface area contributed by atoms with Gasteiger partial charge in [0, 0.05) is 23.6 Å². The maximum Gasteiger partial charge on any atom is 0.259 e. The number of hydrogen-bond donors (Lipinski definition) is 0. The van der Waals surface area contributed by atoms with Crippen molar-refractivity contribution in [3.05, 3.63) is 64.9 Å². The van der Waals surface area contributed by atoms with E-state index in [9.17, 15) is 9.18 Å². The summed E-state index contributed by atoms with van der Waals surface area (Å²) in [6.45, 7) is 0.628. The van der Waals surface area contributed by atoms with Crippen LogP contribution in [0.4, 0.5) is 10.1 Å². The van der Waals surface area contributed by atoms with E-state index in [0.717, 1.165) is 24.4 Å². The number of carbonyl (C=O) groups excluding carboxylic acids is 1. The van der Waals surface area contributed by atoms with Gasteiger partial charge in [-0.3, -0.25) is 9.69 Å². The van der Waals surface area contributed by atoms with Crippen molar-refractivity contribution in [3.8, 4) is 0 Å². The molecular weight excluding hydrogens is 303 g/mol. The van der Waals surface area contributed by atoms with E-state index in [1.165, 1.54) is 24.3 Å². The van der Waals surface area contributed by atoms with Gasteiger partial charge in [0.1, 0.15) is 11.7 Å². The number of aliphatic imine (C=N–C) groups is 1. The second kappa shape index (κ2) is 6.28. The molecule has 3 rings (SSSR count). The highest BCUT2D eigenvalue weighted by molar-refractivity contribution is 6.30. The third-order valence-corrected chi connectivity index (χ3v) is 3.77. The largest absolute Gasteiger partial charge is 0.296 e. The number of benzene rings is 2. The average molecular weight is 317 g/mol. The van der Waals surface area contributed by atoms with Gasteiger partial charge >= 0.3 is 0 Å². The topological polar surface area (TPSA) is 32.7 Å². The molecule has 112 valence electrons. The van der Waals surface area contributed by atoms with Crippen molar-refractivity contribution in [2.75, 3.05) is 6.54 Å². The number of nitrogens with zero attached hydrogens (tertiary/aromatic N) is 2. The molecule has 1 amide bonds. The highest BCUT2D eigenvalue weighted by Gasteiger charge is 2.25. The minimum absolute atomic E-state index is 0.148. The number of rotatable bonds is 2. The molecule has 2 aromatic carbocycles. The molecule has 3 nitrogen and oxygen atoms in total. The Morgan fingerprint density at radius 2 is 1.77 bits per heavy atom. The lowest BCUT2D eigenvalue weighted by atomic mass is 10.2. The van der Waals surface area contributed by atoms with E-state index in [-0.39, 0.29) is 11.7 Å². The summed E-state index contributed by atoms with van der Waals surface area (Å²) >= 11 is 5.86. The zero-order valence-electron chi connectivity index (χ0n) is 11.8. The SMILES string of the molecule is O=C(c1ccc(F)cc1)N1CCCC1=Nc1ccc(Cl)cc1. The summed E-state index contributed by atoms with van der Waals surface area (Å²) in [6, 6.07) is 12.7. The predicted molar refractivity (Wildman–Crippen MR) is 85.2 cm³/mol. The smallest absolute Gasteiger partial charge is 0.259 e. The average Bonchev–Trinajstić information content (AvgIpc) is 2.98. The van der Waals surface area contributed by atoms with Crippen LogP contribution < -0.4 is 0 Å². The van der Waals surface area contributed by atoms with Crippen LogP contribution >= 0.6 is 11.6 Å². The number of halogens is 2. The molecule has 0 N–H and O–H groups in total. The van der Waals surface area contributed by atoms with Crippen molar-refractivity contribution in [2.24, 2.45) is 4.99 Å². The molecule has 0 saturated carbocycles. The fourth-order valence-electron chi connectivity index (χ4n) is 2.41. The van der Waals surface area contributed by atoms with Gasteiger partial charge in [-0.05, 0) is 55.0 Å². The van der Waals surface area contributed by atoms with E-state index >= 15 is 0 Å². The molecule has 0 aromatic heterocycles. The van der Waals surface area contributed by atoms with Crippen LogP contribution in [0.5, 0.6) is 0 Å². The highest BCUT2D eigenvalue weighted by Crippen LogP contribution is 2.22. The number of amides is 1. The van der Waals surface area contributed by atoms with Gasteiger partial charge < -0.3 is 0 Å². The molecule has 0 aliphatic carbocycles. The minimum atomic E-state index is -0.354. The van der Waals surface area contributed by atoms with Crippen LogP contribution in [0.2, 0.25) is 5.02 Å². The third kappa shape index (κ3) is 3.17. The van der Waals surface area contributed by atoms with Gasteiger partial charge in [-0.1, -0.05) is 11.6 Å². The lowest BCUT2D eigenvalue weighted by molar-refractivity contribution is 0.0857. The first-order valence-electron chi connectivity index (χ1n) is 7.04. The number of amidine groups is 1. The van der Waals surface area contributed by atoms with Gasteiger partial charge in [0.15, 0.2) is 0 Å². The molecule has 1 aliphatic heterocycles. The zero-order valence-corrected chi connectivity index (χ0v) is 12.6. The lowest BCUT2D eigenvalue weighted by Crippen LogP contribution is -2.31. The summed E-state index contributed by atoms with van der Waals surface area (Å²) in [5.41, 5.74) is 1.23. The summed E-state index contributed by atoms with van der Waals surface area (Å²) in [6.07, 6.45) is 1.62. The molecule has 2 aromatic rings. The maximum absolute atomic E-state index is 13.0. The van der Waals surface area contributed by atoms with E-state index in [1.807, 2.05) is 12.1 Å². The zero-order chi connectivity index (χ0) is 15.5. The Bertz CT molecular complexity index is 710. The van der Waals surface area contributed by atoms with Crippen molar-refractivity contribution in [1.82, 2.24) is 4.90 Å². The standard InChI is InChI=1S/C17H14ClFN2O/c18-13-5-9-15(10-6-13)20-16-2-1-11-21(16)17(22)12-3-7-14(19)8-4-12/h3-10H,1-2,11H2. The van der Waals surface area contributed by atoms with Crippen molar-refractivity contribution < 1.29 is 9.18 Å². The Balaban J connectivity index is 1.85. The van der Waals surface area contributed by atoms with Crippen LogP contribution in [0.15, 0.2) is 53.5 Å². The predicted octanol–water partition coefficient (Wildman–Crippen LogP) is 4.45. The van der Waals surface area contributed by atoms with Crippen LogP contribution in [0.1, 0.15) is 23.2 Å². The normalized spacial score (nSPS) is 16.3. The first kappa shape index (κ1) is 14.7. The van der Waals surface area contributed by atoms with Crippen molar-refractivity contribution in [3.63, 3.8) is 0 Å². The third-order valence-electron chi connectivity index (χ3n) is 3.51. The Labute approximate surface area is 133 Å². The minimum Gasteiger partial charge on any atom is -0.296 e. The molecule has 0 atom stereocenters. The van der Waals surface area contributed by atoms with Crippen molar-refractivity contribution in [1.29, 1.82) is 0 Å². The van der Waals surface area contributed by atoms with Crippen LogP contribution in [0, 0.1) is 5.82 Å². The lowest BCUT2D eigenvalue weighted by Gasteiger charge is -2.17. The van der Waals surface area contributed by atoms with Crippen molar-refractivity contribution >= 4 is 29.0 Å². The fourth-order valence-corrected chi connectivity index (χ4v) is 2.53. The summed E-state index contributed by atoms with van der Waals surface area (Å²) in [4.78, 5) is 18.7. The fraction of sp³-hybridized carbons (Fsp3) is 0.176. The van der Waals surface area contributed by atoms with Crippen LogP contribution in [0.25, 0.3) is 0 Å². The van der Waals surface area contributed by atoms with Crippen molar-refractivity contribution in [2.45, 2.75) is 12.8 Å². The Hall–Kier alpha value is -2.20. The molecule has 0 unspecified atom stereocenters. The van der Waals surface area contributed by atoms with Crippen LogP contribution in [-0.2, 0) is 0 Å². The molecule has 1 aliphatic rings. The van der Waals surface area contributed by atoms with E-state index < -0.39 is 0 Å². The molecule has 0 bridgehead atoms. The molecule has 1 fully saturated rings.